The van der Waals surface area contributed by atoms with Crippen molar-refractivity contribution >= 4 is 25.7 Å². The first-order valence-corrected chi connectivity index (χ1v) is 25.1. The van der Waals surface area contributed by atoms with Gasteiger partial charge in [-0.25, -0.2) is 9.36 Å². The van der Waals surface area contributed by atoms with Crippen LogP contribution < -0.4 is 5.32 Å². The molecule has 0 aromatic rings. The van der Waals surface area contributed by atoms with Crippen LogP contribution in [-0.2, 0) is 32.7 Å². The van der Waals surface area contributed by atoms with Crippen molar-refractivity contribution in [2.45, 2.75) is 167 Å². The number of allylic oxidation sites excluding steroid dienone is 20. The topological polar surface area (TPSA) is 169 Å². The van der Waals surface area contributed by atoms with Crippen LogP contribution in [0.2, 0.25) is 0 Å². The van der Waals surface area contributed by atoms with Crippen LogP contribution in [0.4, 0.5) is 0 Å². The molecule has 11 nitrogen and oxygen atoms in total. The van der Waals surface area contributed by atoms with Gasteiger partial charge < -0.3 is 25.2 Å². The molecule has 0 fully saturated rings. The molecule has 0 saturated carbocycles. The number of amides is 1. The Morgan fingerprint density at radius 3 is 1.30 bits per heavy atom. The van der Waals surface area contributed by atoms with Gasteiger partial charge in [-0.1, -0.05) is 161 Å². The van der Waals surface area contributed by atoms with Crippen LogP contribution in [0.3, 0.4) is 0 Å². The number of aliphatic carboxylic acids is 1. The minimum atomic E-state index is -4.78. The Kier molecular flexibility index (Phi) is 42.5. The molecule has 4 N–H and O–H groups in total. The zero-order valence-corrected chi connectivity index (χ0v) is 39.9. The molecule has 0 aromatic carbocycles. The Labute approximate surface area is 386 Å². The van der Waals surface area contributed by atoms with Crippen molar-refractivity contribution in [2.24, 2.45) is 0 Å². The molecule has 0 aliphatic carbocycles. The number of phosphoric acid groups is 1. The van der Waals surface area contributed by atoms with Crippen LogP contribution in [0.15, 0.2) is 122 Å². The van der Waals surface area contributed by atoms with Gasteiger partial charge in [0, 0.05) is 12.8 Å². The minimum Gasteiger partial charge on any atom is -0.480 e. The molecule has 360 valence electrons. The highest BCUT2D eigenvalue weighted by molar-refractivity contribution is 7.47. The highest BCUT2D eigenvalue weighted by atomic mass is 31.2. The summed E-state index contributed by atoms with van der Waals surface area (Å²) in [6.07, 6.45) is 60.7. The van der Waals surface area contributed by atoms with E-state index in [-0.39, 0.29) is 12.8 Å². The molecule has 0 saturated heterocycles. The first kappa shape index (κ1) is 59.9. The second kappa shape index (κ2) is 45.4. The summed E-state index contributed by atoms with van der Waals surface area (Å²) in [6.45, 7) is 2.30. The number of aliphatic hydroxyl groups excluding tert-OH is 1. The van der Waals surface area contributed by atoms with Gasteiger partial charge in [0.2, 0.25) is 5.91 Å². The van der Waals surface area contributed by atoms with Gasteiger partial charge in [0.25, 0.3) is 0 Å². The second-order valence-corrected chi connectivity index (χ2v) is 16.6. The smallest absolute Gasteiger partial charge is 0.472 e. The van der Waals surface area contributed by atoms with Crippen LogP contribution in [0.5, 0.6) is 0 Å². The molecule has 0 rings (SSSR count). The summed E-state index contributed by atoms with van der Waals surface area (Å²) < 4.78 is 26.9. The van der Waals surface area contributed by atoms with E-state index in [1.54, 1.807) is 0 Å². The Morgan fingerprint density at radius 1 is 0.500 bits per heavy atom. The minimum absolute atomic E-state index is 0.113. The van der Waals surface area contributed by atoms with Gasteiger partial charge in [-0.05, 0) is 103 Å². The fourth-order valence-electron chi connectivity index (χ4n) is 5.66. The molecule has 12 heteroatoms. The average molecular weight is 912 g/mol. The van der Waals surface area contributed by atoms with Crippen molar-refractivity contribution < 1.29 is 47.8 Å². The fraction of sp³-hybridized carbons (Fsp3) is 0.558. The van der Waals surface area contributed by atoms with E-state index in [0.717, 1.165) is 116 Å². The number of hydrogen-bond donors (Lipinski definition) is 4. The lowest BCUT2D eigenvalue weighted by molar-refractivity contribution is -0.147. The first-order chi connectivity index (χ1) is 31.1. The van der Waals surface area contributed by atoms with Gasteiger partial charge in [-0.15, -0.1) is 0 Å². The third-order valence-electron chi connectivity index (χ3n) is 9.25. The van der Waals surface area contributed by atoms with Crippen LogP contribution >= 0.6 is 7.82 Å². The highest BCUT2D eigenvalue weighted by Crippen LogP contribution is 2.43. The molecule has 0 radical (unpaired) electrons. The zero-order valence-electron chi connectivity index (χ0n) is 39.0. The number of unbranched alkanes of at least 4 members (excludes halogenated alkanes) is 8. The van der Waals surface area contributed by atoms with Gasteiger partial charge in [0.05, 0.1) is 13.2 Å². The maximum absolute atomic E-state index is 12.3. The monoisotopic (exact) mass is 912 g/mol. The van der Waals surface area contributed by atoms with E-state index in [1.165, 1.54) is 0 Å². The van der Waals surface area contributed by atoms with Crippen LogP contribution in [0, 0.1) is 0 Å². The molecule has 0 heterocycles. The van der Waals surface area contributed by atoms with E-state index in [2.05, 4.69) is 141 Å². The van der Waals surface area contributed by atoms with Crippen LogP contribution in [0.25, 0.3) is 0 Å². The molecular weight excluding hydrogens is 830 g/mol. The number of carboxylic acids is 1. The Morgan fingerprint density at radius 2 is 0.859 bits per heavy atom. The Bertz CT molecular complexity index is 1540. The summed E-state index contributed by atoms with van der Waals surface area (Å²) in [5.41, 5.74) is 0. The lowest BCUT2D eigenvalue weighted by Gasteiger charge is -2.18. The van der Waals surface area contributed by atoms with Crippen molar-refractivity contribution in [3.63, 3.8) is 0 Å². The van der Waals surface area contributed by atoms with Crippen molar-refractivity contribution in [2.75, 3.05) is 19.8 Å². The third-order valence-corrected chi connectivity index (χ3v) is 10.2. The van der Waals surface area contributed by atoms with Gasteiger partial charge in [-0.3, -0.25) is 18.6 Å². The normalized spacial score (nSPS) is 14.7. The molecule has 3 unspecified atom stereocenters. The number of ether oxygens (including phenoxy) is 1. The highest BCUT2D eigenvalue weighted by Gasteiger charge is 2.28. The van der Waals surface area contributed by atoms with E-state index in [1.807, 2.05) is 0 Å². The number of rotatable bonds is 42. The molecule has 0 aliphatic heterocycles. The molecule has 64 heavy (non-hydrogen) atoms. The number of carbonyl (C=O) groups excluding carboxylic acids is 2. The molecule has 0 aromatic heterocycles. The predicted octanol–water partition coefficient (Wildman–Crippen LogP) is 12.8. The van der Waals surface area contributed by atoms with E-state index in [0.29, 0.717) is 12.8 Å². The van der Waals surface area contributed by atoms with Crippen LogP contribution in [0.1, 0.15) is 155 Å². The largest absolute Gasteiger partial charge is 0.480 e. The summed E-state index contributed by atoms with van der Waals surface area (Å²) in [7, 11) is -4.78. The van der Waals surface area contributed by atoms with Crippen molar-refractivity contribution in [1.29, 1.82) is 0 Å². The number of carboxylic acid groups (broad SMARTS) is 1. The van der Waals surface area contributed by atoms with E-state index in [4.69, 9.17) is 13.8 Å². The number of esters is 1. The molecule has 0 spiro atoms. The molecule has 1 amide bonds. The Balaban J connectivity index is 3.99. The zero-order chi connectivity index (χ0) is 47.0. The molecule has 0 bridgehead atoms. The van der Waals surface area contributed by atoms with Gasteiger partial charge in [-0.2, -0.15) is 0 Å². The number of carbonyl (C=O) groups is 3. The second-order valence-electron chi connectivity index (χ2n) is 15.2. The lowest BCUT2D eigenvalue weighted by atomic mass is 10.1. The van der Waals surface area contributed by atoms with Crippen molar-refractivity contribution in [3.05, 3.63) is 122 Å². The number of aliphatic hydroxyl groups is 1. The third kappa shape index (κ3) is 44.5. The summed E-state index contributed by atoms with van der Waals surface area (Å²) in [4.78, 5) is 46.0. The lowest BCUT2D eigenvalue weighted by Crippen LogP contribution is -2.43. The SMILES string of the molecule is CC/C=C\C/C=C\C/C=C\C/C=C\C/C=C\CCCCCCCC(=O)NC(COP(=O)(O)OCC(O)COC(=O)CCCCC/C=C\C/C=C\C/C=C\C/C=C\C/C=C\CC)C(=O)O. The quantitative estimate of drug-likeness (QED) is 0.0200. The summed E-state index contributed by atoms with van der Waals surface area (Å²) in [5.74, 6) is -2.45. The van der Waals surface area contributed by atoms with Gasteiger partial charge in [0.1, 0.15) is 12.7 Å². The molecule has 3 atom stereocenters. The number of nitrogens with one attached hydrogen (secondary N) is 1. The van der Waals surface area contributed by atoms with E-state index < -0.39 is 57.6 Å². The molecule has 0 aliphatic rings. The maximum Gasteiger partial charge on any atom is 0.472 e. The summed E-state index contributed by atoms with van der Waals surface area (Å²) in [5, 5.41) is 21.9. The van der Waals surface area contributed by atoms with E-state index in [9.17, 15) is 34.1 Å². The maximum atomic E-state index is 12.3. The number of hydrogen-bond acceptors (Lipinski definition) is 8. The first-order valence-electron chi connectivity index (χ1n) is 23.6. The average Bonchev–Trinajstić information content (AvgIpc) is 3.27. The van der Waals surface area contributed by atoms with Gasteiger partial charge >= 0.3 is 19.8 Å². The van der Waals surface area contributed by atoms with Crippen LogP contribution in [-0.4, -0.2) is 64.9 Å². The standard InChI is InChI=1S/C52H82NO10P/c1-3-5-7-9-11-13-15-17-19-21-23-24-26-27-29-31-33-35-37-39-41-43-50(55)53-49(52(57)58)47-63-64(59,60)62-46-48(54)45-61-51(56)44-42-40-38-36-34-32-30-28-25-22-20-18-16-14-12-10-8-6-4-2/h5-8,11-14,17-20,23-25,27-29,32,34,48-49,54H,3-4,9-10,15-16,21-22,26,30-31,33,35-47H2,1-2H3,(H,53,55)(H,57,58)(H,59,60)/b7-5-,8-6-,13-11-,14-12-,19-17-,20-18-,24-23-,28-25-,29-27-,34-32-. The van der Waals surface area contributed by atoms with E-state index >= 15 is 0 Å². The Hall–Kier alpha value is -4.12. The summed E-state index contributed by atoms with van der Waals surface area (Å²) in [6, 6.07) is -1.57. The van der Waals surface area contributed by atoms with Crippen molar-refractivity contribution in [3.8, 4) is 0 Å². The fourth-order valence-corrected chi connectivity index (χ4v) is 6.43. The molecular formula is C52H82NO10P. The van der Waals surface area contributed by atoms with Crippen molar-refractivity contribution in [1.82, 2.24) is 5.32 Å². The van der Waals surface area contributed by atoms with Gasteiger partial charge in [0.15, 0.2) is 6.04 Å². The summed E-state index contributed by atoms with van der Waals surface area (Å²) >= 11 is 0. The predicted molar refractivity (Wildman–Crippen MR) is 263 cm³/mol. The number of phosphoric ester groups is 1.